The first-order chi connectivity index (χ1) is 13.5. The molecular formula is C22H24Cl2N2O2. The monoisotopic (exact) mass is 418 g/mol. The van der Waals surface area contributed by atoms with E-state index in [1.807, 2.05) is 18.2 Å². The largest absolute Gasteiger partial charge is 0.392 e. The highest BCUT2D eigenvalue weighted by atomic mass is 35.5. The predicted molar refractivity (Wildman–Crippen MR) is 112 cm³/mol. The third-order valence-electron chi connectivity index (χ3n) is 5.83. The van der Waals surface area contributed by atoms with Gasteiger partial charge in [-0.1, -0.05) is 53.5 Å². The number of benzene rings is 2. The Morgan fingerprint density at radius 3 is 2.79 bits per heavy atom. The molecule has 0 aromatic heterocycles. The van der Waals surface area contributed by atoms with E-state index in [1.54, 1.807) is 12.1 Å². The van der Waals surface area contributed by atoms with Gasteiger partial charge < -0.3 is 5.11 Å². The SMILES string of the molecule is O=C(Cc1ccc(Cl)c(Cl)c1)C1(CN2CCC(O)C2)NCCc2ccccc21. The average Bonchev–Trinajstić information content (AvgIpc) is 3.09. The number of hydrogen-bond acceptors (Lipinski definition) is 4. The third kappa shape index (κ3) is 3.85. The van der Waals surface area contributed by atoms with Crippen molar-refractivity contribution >= 4 is 29.0 Å². The molecular weight excluding hydrogens is 395 g/mol. The first kappa shape index (κ1) is 19.9. The maximum Gasteiger partial charge on any atom is 0.163 e. The van der Waals surface area contributed by atoms with Crippen molar-refractivity contribution in [1.82, 2.24) is 10.2 Å². The summed E-state index contributed by atoms with van der Waals surface area (Å²) in [5.74, 6) is 0.111. The van der Waals surface area contributed by atoms with Gasteiger partial charge in [-0.15, -0.1) is 0 Å². The van der Waals surface area contributed by atoms with Crippen LogP contribution < -0.4 is 5.32 Å². The first-order valence-corrected chi connectivity index (χ1v) is 10.4. The van der Waals surface area contributed by atoms with E-state index in [0.717, 1.165) is 37.1 Å². The zero-order valence-corrected chi connectivity index (χ0v) is 17.1. The second-order valence-electron chi connectivity index (χ2n) is 7.77. The standard InChI is InChI=1S/C22H24Cl2N2O2/c23-19-6-5-15(11-20(19)24)12-21(28)22(14-26-10-8-17(27)13-26)18-4-2-1-3-16(18)7-9-25-22/h1-6,11,17,25,27H,7-10,12-14H2. The van der Waals surface area contributed by atoms with E-state index in [4.69, 9.17) is 23.2 Å². The Morgan fingerprint density at radius 2 is 2.04 bits per heavy atom. The van der Waals surface area contributed by atoms with Gasteiger partial charge in [-0.25, -0.2) is 0 Å². The van der Waals surface area contributed by atoms with Crippen LogP contribution in [0, 0.1) is 0 Å². The molecule has 2 unspecified atom stereocenters. The smallest absolute Gasteiger partial charge is 0.163 e. The highest BCUT2D eigenvalue weighted by molar-refractivity contribution is 6.42. The van der Waals surface area contributed by atoms with E-state index in [9.17, 15) is 9.90 Å². The van der Waals surface area contributed by atoms with Crippen LogP contribution in [0.2, 0.25) is 10.0 Å². The minimum atomic E-state index is -0.787. The summed E-state index contributed by atoms with van der Waals surface area (Å²) in [5, 5.41) is 14.5. The van der Waals surface area contributed by atoms with Crippen molar-refractivity contribution in [1.29, 1.82) is 0 Å². The fourth-order valence-electron chi connectivity index (χ4n) is 4.42. The topological polar surface area (TPSA) is 52.6 Å². The molecule has 0 aliphatic carbocycles. The van der Waals surface area contributed by atoms with Crippen molar-refractivity contribution in [2.24, 2.45) is 0 Å². The van der Waals surface area contributed by atoms with Crippen LogP contribution in [0.1, 0.15) is 23.1 Å². The lowest BCUT2D eigenvalue weighted by Crippen LogP contribution is -2.59. The number of carbonyl (C=O) groups is 1. The number of nitrogens with zero attached hydrogens (tertiary/aromatic N) is 1. The highest BCUT2D eigenvalue weighted by Crippen LogP contribution is 2.33. The Bertz CT molecular complexity index is 889. The number of fused-ring (bicyclic) bond motifs is 1. The van der Waals surface area contributed by atoms with E-state index < -0.39 is 5.54 Å². The number of carbonyl (C=O) groups excluding carboxylic acids is 1. The van der Waals surface area contributed by atoms with Crippen molar-refractivity contribution in [2.75, 3.05) is 26.2 Å². The summed E-state index contributed by atoms with van der Waals surface area (Å²) in [6.45, 7) is 2.71. The number of halogens is 2. The molecule has 2 N–H and O–H groups in total. The predicted octanol–water partition coefficient (Wildman–Crippen LogP) is 3.21. The maximum absolute atomic E-state index is 13.7. The van der Waals surface area contributed by atoms with Crippen molar-refractivity contribution in [3.05, 3.63) is 69.2 Å². The highest BCUT2D eigenvalue weighted by Gasteiger charge is 2.44. The number of Topliss-reactive ketones (excluding diaryl/α,β-unsaturated/α-hetero) is 1. The molecule has 0 amide bonds. The average molecular weight is 419 g/mol. The molecule has 2 aromatic rings. The summed E-state index contributed by atoms with van der Waals surface area (Å²) in [6.07, 6.45) is 1.61. The zero-order valence-electron chi connectivity index (χ0n) is 15.6. The van der Waals surface area contributed by atoms with Gasteiger partial charge in [-0.3, -0.25) is 15.0 Å². The van der Waals surface area contributed by atoms with Crippen molar-refractivity contribution in [3.8, 4) is 0 Å². The summed E-state index contributed by atoms with van der Waals surface area (Å²) >= 11 is 12.2. The first-order valence-electron chi connectivity index (χ1n) is 9.69. The summed E-state index contributed by atoms with van der Waals surface area (Å²) in [7, 11) is 0. The molecule has 0 radical (unpaired) electrons. The number of likely N-dealkylation sites (tertiary alicyclic amines) is 1. The summed E-state index contributed by atoms with van der Waals surface area (Å²) in [5.41, 5.74) is 2.33. The van der Waals surface area contributed by atoms with Crippen molar-refractivity contribution < 1.29 is 9.90 Å². The van der Waals surface area contributed by atoms with E-state index in [1.165, 1.54) is 5.56 Å². The van der Waals surface area contributed by atoms with Crippen molar-refractivity contribution in [2.45, 2.75) is 30.9 Å². The molecule has 148 valence electrons. The van der Waals surface area contributed by atoms with E-state index >= 15 is 0 Å². The number of β-amino-alcohol motifs (C(OH)–C–C–N with tert-alkyl or cyclic N) is 1. The van der Waals surface area contributed by atoms with E-state index in [2.05, 4.69) is 22.3 Å². The lowest BCUT2D eigenvalue weighted by Gasteiger charge is -2.41. The summed E-state index contributed by atoms with van der Waals surface area (Å²) in [6, 6.07) is 13.5. The van der Waals surface area contributed by atoms with Crippen LogP contribution in [-0.2, 0) is 23.2 Å². The van der Waals surface area contributed by atoms with Crippen LogP contribution >= 0.6 is 23.2 Å². The van der Waals surface area contributed by atoms with Crippen LogP contribution in [0.3, 0.4) is 0 Å². The molecule has 0 spiro atoms. The molecule has 2 aromatic carbocycles. The Labute approximate surface area is 175 Å². The molecule has 2 aliphatic heterocycles. The van der Waals surface area contributed by atoms with Gasteiger partial charge in [-0.2, -0.15) is 0 Å². The van der Waals surface area contributed by atoms with Gasteiger partial charge in [0.2, 0.25) is 0 Å². The molecule has 1 saturated heterocycles. The van der Waals surface area contributed by atoms with Gasteiger partial charge in [-0.05, 0) is 41.7 Å². The minimum Gasteiger partial charge on any atom is -0.392 e. The molecule has 0 saturated carbocycles. The van der Waals surface area contributed by atoms with Gasteiger partial charge >= 0.3 is 0 Å². The zero-order chi connectivity index (χ0) is 19.7. The van der Waals surface area contributed by atoms with Crippen LogP contribution in [0.4, 0.5) is 0 Å². The molecule has 4 nitrogen and oxygen atoms in total. The fourth-order valence-corrected chi connectivity index (χ4v) is 4.74. The molecule has 2 aliphatic rings. The van der Waals surface area contributed by atoms with Gasteiger partial charge in [0.05, 0.1) is 16.1 Å². The Kier molecular flexibility index (Phi) is 5.77. The van der Waals surface area contributed by atoms with Gasteiger partial charge in [0, 0.05) is 32.6 Å². The van der Waals surface area contributed by atoms with Crippen LogP contribution in [0.15, 0.2) is 42.5 Å². The Hall–Kier alpha value is -1.43. The molecule has 4 rings (SSSR count). The lowest BCUT2D eigenvalue weighted by molar-refractivity contribution is -0.126. The number of rotatable bonds is 5. The molecule has 28 heavy (non-hydrogen) atoms. The second-order valence-corrected chi connectivity index (χ2v) is 8.58. The number of nitrogens with one attached hydrogen (secondary N) is 1. The Balaban J connectivity index is 1.69. The normalized spacial score (nSPS) is 24.9. The van der Waals surface area contributed by atoms with Crippen LogP contribution in [0.25, 0.3) is 0 Å². The molecule has 0 bridgehead atoms. The lowest BCUT2D eigenvalue weighted by atomic mass is 9.77. The van der Waals surface area contributed by atoms with E-state index in [-0.39, 0.29) is 18.3 Å². The van der Waals surface area contributed by atoms with Crippen molar-refractivity contribution in [3.63, 3.8) is 0 Å². The number of aliphatic hydroxyl groups excluding tert-OH is 1. The number of ketones is 1. The van der Waals surface area contributed by atoms with Crippen LogP contribution in [0.5, 0.6) is 0 Å². The summed E-state index contributed by atoms with van der Waals surface area (Å²) < 4.78 is 0. The fraction of sp³-hybridized carbons (Fsp3) is 0.409. The molecule has 2 atom stereocenters. The van der Waals surface area contributed by atoms with E-state index in [0.29, 0.717) is 23.1 Å². The number of aliphatic hydroxyl groups is 1. The molecule has 2 heterocycles. The minimum absolute atomic E-state index is 0.111. The van der Waals surface area contributed by atoms with Gasteiger partial charge in [0.1, 0.15) is 5.54 Å². The number of hydrogen-bond donors (Lipinski definition) is 2. The third-order valence-corrected chi connectivity index (χ3v) is 6.57. The van der Waals surface area contributed by atoms with Crippen LogP contribution in [-0.4, -0.2) is 48.1 Å². The maximum atomic E-state index is 13.7. The molecule has 1 fully saturated rings. The quantitative estimate of drug-likeness (QED) is 0.782. The van der Waals surface area contributed by atoms with Gasteiger partial charge in [0.15, 0.2) is 5.78 Å². The second kappa shape index (κ2) is 8.13. The summed E-state index contributed by atoms with van der Waals surface area (Å²) in [4.78, 5) is 15.9. The molecule has 6 heteroatoms. The van der Waals surface area contributed by atoms with Gasteiger partial charge in [0.25, 0.3) is 0 Å². The Morgan fingerprint density at radius 1 is 1.21 bits per heavy atom.